The van der Waals surface area contributed by atoms with Crippen molar-refractivity contribution >= 4 is 6.09 Å². The molecule has 0 aromatic rings. The molecule has 0 aliphatic carbocycles. The zero-order valence-corrected chi connectivity index (χ0v) is 10.3. The average molecular weight is 230 g/mol. The van der Waals surface area contributed by atoms with Gasteiger partial charge in [0, 0.05) is 12.6 Å². The number of carbonyl (C=O) groups excluding carboxylic acids is 1. The van der Waals surface area contributed by atoms with Crippen molar-refractivity contribution in [2.75, 3.05) is 13.2 Å². The fourth-order valence-corrected chi connectivity index (χ4v) is 1.91. The van der Waals surface area contributed by atoms with Crippen LogP contribution in [0, 0.1) is 0 Å². The predicted molar refractivity (Wildman–Crippen MR) is 61.0 cm³/mol. The number of amides is 1. The standard InChI is InChI=1S/C11H22N2O3/c1-11(2,3)16-10(15)13-6-4-5-9(13)8(12)7-14/h8-9,14H,4-7,12H2,1-3H3/t8-,9?/m0/s1. The Balaban J connectivity index is 2.61. The van der Waals surface area contributed by atoms with Crippen molar-refractivity contribution in [2.24, 2.45) is 5.73 Å². The third kappa shape index (κ3) is 3.35. The molecular formula is C11H22N2O3. The first kappa shape index (κ1) is 13.3. The fraction of sp³-hybridized carbons (Fsp3) is 0.909. The summed E-state index contributed by atoms with van der Waals surface area (Å²) in [5.74, 6) is 0. The molecule has 94 valence electrons. The first-order valence-electron chi connectivity index (χ1n) is 5.71. The summed E-state index contributed by atoms with van der Waals surface area (Å²) < 4.78 is 5.30. The maximum absolute atomic E-state index is 11.9. The highest BCUT2D eigenvalue weighted by Gasteiger charge is 2.35. The predicted octanol–water partition coefficient (Wildman–Crippen LogP) is 0.706. The molecule has 5 nitrogen and oxygen atoms in total. The normalized spacial score (nSPS) is 23.3. The highest BCUT2D eigenvalue weighted by Crippen LogP contribution is 2.22. The summed E-state index contributed by atoms with van der Waals surface area (Å²) in [6, 6.07) is -0.477. The van der Waals surface area contributed by atoms with E-state index in [-0.39, 0.29) is 24.8 Å². The summed E-state index contributed by atoms with van der Waals surface area (Å²) in [5.41, 5.74) is 5.28. The second-order valence-electron chi connectivity index (χ2n) is 5.23. The van der Waals surface area contributed by atoms with Crippen LogP contribution in [0.3, 0.4) is 0 Å². The van der Waals surface area contributed by atoms with Crippen LogP contribution in [-0.4, -0.2) is 46.9 Å². The number of hydrogen-bond donors (Lipinski definition) is 2. The highest BCUT2D eigenvalue weighted by molar-refractivity contribution is 5.69. The van der Waals surface area contributed by atoms with E-state index in [1.54, 1.807) is 4.90 Å². The molecule has 0 radical (unpaired) electrons. The lowest BCUT2D eigenvalue weighted by atomic mass is 10.1. The molecule has 0 aromatic heterocycles. The van der Waals surface area contributed by atoms with E-state index in [9.17, 15) is 4.79 Å². The minimum atomic E-state index is -0.493. The van der Waals surface area contributed by atoms with Crippen molar-refractivity contribution in [3.8, 4) is 0 Å². The minimum Gasteiger partial charge on any atom is -0.444 e. The van der Waals surface area contributed by atoms with Gasteiger partial charge in [0.1, 0.15) is 5.60 Å². The third-order valence-corrected chi connectivity index (χ3v) is 2.63. The Labute approximate surface area is 96.6 Å². The molecule has 1 amide bonds. The number of likely N-dealkylation sites (tertiary alicyclic amines) is 1. The number of nitrogens with two attached hydrogens (primary N) is 1. The highest BCUT2D eigenvalue weighted by atomic mass is 16.6. The van der Waals surface area contributed by atoms with Crippen molar-refractivity contribution in [1.29, 1.82) is 0 Å². The van der Waals surface area contributed by atoms with Crippen LogP contribution in [0.2, 0.25) is 0 Å². The van der Waals surface area contributed by atoms with E-state index in [0.717, 1.165) is 12.8 Å². The molecule has 0 saturated carbocycles. The average Bonchev–Trinajstić information content (AvgIpc) is 2.62. The van der Waals surface area contributed by atoms with Gasteiger partial charge in [-0.05, 0) is 33.6 Å². The number of carbonyl (C=O) groups is 1. The molecular weight excluding hydrogens is 208 g/mol. The van der Waals surface area contributed by atoms with E-state index >= 15 is 0 Å². The van der Waals surface area contributed by atoms with Crippen molar-refractivity contribution in [3.63, 3.8) is 0 Å². The molecule has 5 heteroatoms. The summed E-state index contributed by atoms with van der Waals surface area (Å²) in [6.07, 6.45) is 1.41. The molecule has 1 saturated heterocycles. The van der Waals surface area contributed by atoms with E-state index in [2.05, 4.69) is 0 Å². The summed E-state index contributed by atoms with van der Waals surface area (Å²) in [6.45, 7) is 6.06. The lowest BCUT2D eigenvalue weighted by Gasteiger charge is -2.30. The Morgan fingerprint density at radius 3 is 2.75 bits per heavy atom. The third-order valence-electron chi connectivity index (χ3n) is 2.63. The first-order valence-corrected chi connectivity index (χ1v) is 5.71. The summed E-state index contributed by atoms with van der Waals surface area (Å²) in [5, 5.41) is 9.02. The largest absolute Gasteiger partial charge is 0.444 e. The van der Waals surface area contributed by atoms with Gasteiger partial charge < -0.3 is 20.5 Å². The molecule has 0 bridgehead atoms. The number of nitrogens with zero attached hydrogens (tertiary/aromatic N) is 1. The van der Waals surface area contributed by atoms with Crippen LogP contribution in [0.4, 0.5) is 4.79 Å². The zero-order chi connectivity index (χ0) is 12.3. The number of aliphatic hydroxyl groups excluding tert-OH is 1. The molecule has 1 unspecified atom stereocenters. The van der Waals surface area contributed by atoms with Crippen LogP contribution in [0.1, 0.15) is 33.6 Å². The van der Waals surface area contributed by atoms with Gasteiger partial charge in [-0.1, -0.05) is 0 Å². The molecule has 1 heterocycles. The van der Waals surface area contributed by atoms with Crippen molar-refractivity contribution in [1.82, 2.24) is 4.90 Å². The number of ether oxygens (including phenoxy) is 1. The van der Waals surface area contributed by atoms with E-state index in [1.165, 1.54) is 0 Å². The van der Waals surface area contributed by atoms with Gasteiger partial charge in [0.2, 0.25) is 0 Å². The number of aliphatic hydroxyl groups is 1. The summed E-state index contributed by atoms with van der Waals surface area (Å²) in [4.78, 5) is 13.5. The van der Waals surface area contributed by atoms with Gasteiger partial charge in [-0.15, -0.1) is 0 Å². The zero-order valence-electron chi connectivity index (χ0n) is 10.3. The van der Waals surface area contributed by atoms with E-state index in [1.807, 2.05) is 20.8 Å². The van der Waals surface area contributed by atoms with Crippen molar-refractivity contribution in [2.45, 2.75) is 51.3 Å². The van der Waals surface area contributed by atoms with Crippen molar-refractivity contribution in [3.05, 3.63) is 0 Å². The summed E-state index contributed by atoms with van der Waals surface area (Å²) in [7, 11) is 0. The smallest absolute Gasteiger partial charge is 0.410 e. The van der Waals surface area contributed by atoms with Gasteiger partial charge in [-0.3, -0.25) is 0 Å². The molecule has 0 aromatic carbocycles. The Kier molecular flexibility index (Phi) is 4.15. The van der Waals surface area contributed by atoms with Gasteiger partial charge in [-0.25, -0.2) is 4.79 Å². The molecule has 3 N–H and O–H groups in total. The lowest BCUT2D eigenvalue weighted by Crippen LogP contribution is -2.49. The topological polar surface area (TPSA) is 75.8 Å². The lowest BCUT2D eigenvalue weighted by molar-refractivity contribution is 0.0190. The second kappa shape index (κ2) is 5.01. The Morgan fingerprint density at radius 2 is 2.25 bits per heavy atom. The van der Waals surface area contributed by atoms with Crippen molar-refractivity contribution < 1.29 is 14.6 Å². The van der Waals surface area contributed by atoms with Gasteiger partial charge in [0.25, 0.3) is 0 Å². The van der Waals surface area contributed by atoms with Gasteiger partial charge in [-0.2, -0.15) is 0 Å². The SMILES string of the molecule is CC(C)(C)OC(=O)N1CCCC1[C@@H](N)CO. The Morgan fingerprint density at radius 1 is 1.62 bits per heavy atom. The van der Waals surface area contributed by atoms with E-state index < -0.39 is 5.60 Å². The van der Waals surface area contributed by atoms with Crippen LogP contribution in [0.25, 0.3) is 0 Å². The summed E-state index contributed by atoms with van der Waals surface area (Å²) >= 11 is 0. The molecule has 1 aliphatic heterocycles. The molecule has 2 atom stereocenters. The fourth-order valence-electron chi connectivity index (χ4n) is 1.91. The van der Waals surface area contributed by atoms with Crippen LogP contribution in [0.5, 0.6) is 0 Å². The maximum atomic E-state index is 11.9. The Hall–Kier alpha value is -0.810. The van der Waals surface area contributed by atoms with Crippen LogP contribution in [0.15, 0.2) is 0 Å². The maximum Gasteiger partial charge on any atom is 0.410 e. The van der Waals surface area contributed by atoms with Crippen LogP contribution in [-0.2, 0) is 4.74 Å². The minimum absolute atomic E-state index is 0.0974. The van der Waals surface area contributed by atoms with Gasteiger partial charge in [0.15, 0.2) is 0 Å². The number of rotatable bonds is 2. The van der Waals surface area contributed by atoms with E-state index in [0.29, 0.717) is 6.54 Å². The van der Waals surface area contributed by atoms with Gasteiger partial charge >= 0.3 is 6.09 Å². The quantitative estimate of drug-likeness (QED) is 0.732. The Bertz CT molecular complexity index is 250. The molecule has 0 spiro atoms. The molecule has 16 heavy (non-hydrogen) atoms. The molecule has 1 fully saturated rings. The molecule has 1 aliphatic rings. The first-order chi connectivity index (χ1) is 7.35. The van der Waals surface area contributed by atoms with Crippen LogP contribution >= 0.6 is 0 Å². The van der Waals surface area contributed by atoms with Crippen LogP contribution < -0.4 is 5.73 Å². The second-order valence-corrected chi connectivity index (χ2v) is 5.23. The monoisotopic (exact) mass is 230 g/mol. The van der Waals surface area contributed by atoms with E-state index in [4.69, 9.17) is 15.6 Å². The number of hydrogen-bond acceptors (Lipinski definition) is 4. The molecule has 1 rings (SSSR count). The van der Waals surface area contributed by atoms with Gasteiger partial charge in [0.05, 0.1) is 12.6 Å².